The number of hydrogen-bond acceptors (Lipinski definition) is 10. The van der Waals surface area contributed by atoms with Gasteiger partial charge in [0, 0.05) is 0 Å². The minimum Gasteiger partial charge on any atom is -0.490 e. The van der Waals surface area contributed by atoms with Crippen LogP contribution in [0.2, 0.25) is 0 Å². The summed E-state index contributed by atoms with van der Waals surface area (Å²) in [6, 6.07) is 51.7. The first-order valence-electron chi connectivity index (χ1n) is 22.0. The predicted molar refractivity (Wildman–Crippen MR) is 246 cm³/mol. The van der Waals surface area contributed by atoms with Gasteiger partial charge in [-0.3, -0.25) is 0 Å². The van der Waals surface area contributed by atoms with E-state index in [0.717, 1.165) is 38.9 Å². The van der Waals surface area contributed by atoms with E-state index in [1.54, 1.807) is 12.1 Å². The van der Waals surface area contributed by atoms with Gasteiger partial charge in [-0.1, -0.05) is 146 Å². The van der Waals surface area contributed by atoms with Crippen molar-refractivity contribution in [2.24, 2.45) is 0 Å². The first-order valence-corrected chi connectivity index (χ1v) is 22.0. The van der Waals surface area contributed by atoms with E-state index in [2.05, 4.69) is 12.1 Å². The first kappa shape index (κ1) is 42.4. The third-order valence-electron chi connectivity index (χ3n) is 12.1. The average molecular weight is 879 g/mol. The van der Waals surface area contributed by atoms with E-state index in [1.165, 1.54) is 0 Å². The molecule has 66 heavy (non-hydrogen) atoms. The Bertz CT molecular complexity index is 2780. The van der Waals surface area contributed by atoms with Gasteiger partial charge in [0.25, 0.3) is 0 Å². The predicted octanol–water partition coefficient (Wildman–Crippen LogP) is 9.98. The van der Waals surface area contributed by atoms with E-state index >= 15 is 0 Å². The molecule has 1 aliphatic carbocycles. The van der Waals surface area contributed by atoms with Crippen LogP contribution in [-0.2, 0) is 48.9 Å². The molecule has 0 aromatic heterocycles. The van der Waals surface area contributed by atoms with Crippen LogP contribution in [0.15, 0.2) is 164 Å². The third kappa shape index (κ3) is 8.68. The molecule has 7 aromatic carbocycles. The number of carbonyl (C=O) groups excluding carboxylic acids is 3. The molecular formula is C56H46O10. The molecular weight excluding hydrogens is 833 g/mol. The minimum absolute atomic E-state index is 0.0208. The molecule has 10 nitrogen and oxygen atoms in total. The van der Waals surface area contributed by atoms with Crippen molar-refractivity contribution in [3.05, 3.63) is 225 Å². The Morgan fingerprint density at radius 1 is 0.485 bits per heavy atom. The molecule has 0 radical (unpaired) electrons. The molecule has 2 fully saturated rings. The van der Waals surface area contributed by atoms with Gasteiger partial charge < -0.3 is 33.2 Å². The molecule has 7 aromatic rings. The lowest BCUT2D eigenvalue weighted by molar-refractivity contribution is 0.0450. The molecule has 3 aliphatic rings. The maximum atomic E-state index is 14.7. The van der Waals surface area contributed by atoms with Crippen molar-refractivity contribution in [1.82, 2.24) is 0 Å². The number of rotatable bonds is 17. The maximum Gasteiger partial charge on any atom is 0.342 e. The highest BCUT2D eigenvalue weighted by molar-refractivity contribution is 6.02. The van der Waals surface area contributed by atoms with Crippen LogP contribution >= 0.6 is 0 Å². The number of aryl methyl sites for hydroxylation is 1. The molecule has 2 unspecified atom stereocenters. The van der Waals surface area contributed by atoms with Gasteiger partial charge in [-0.15, -0.1) is 0 Å². The second-order valence-electron chi connectivity index (χ2n) is 16.6. The Hall–Kier alpha value is -7.53. The monoisotopic (exact) mass is 878 g/mol. The van der Waals surface area contributed by atoms with Crippen molar-refractivity contribution in [3.63, 3.8) is 0 Å². The topological polar surface area (TPSA) is 122 Å². The standard InChI is InChI=1S/C56H46O10/c1-36-25-40(26-46(51(36)62-34-42-32-60-42)53(57)64-29-37-15-5-2-6-16-37)56(49-23-13-11-21-44(49)45-22-12-14-24-50(45)56)41-27-47(54(58)65-30-38-17-7-3-8-18-38)52(63-35-43-33-61-43)48(28-41)55(59)66-31-39-19-9-4-10-20-39/h2-28,42-43H,29-35H2,1H3. The van der Waals surface area contributed by atoms with Crippen LogP contribution in [-0.4, -0.2) is 56.5 Å². The second kappa shape index (κ2) is 18.5. The van der Waals surface area contributed by atoms with E-state index in [4.69, 9.17) is 33.2 Å². The van der Waals surface area contributed by atoms with Crippen molar-refractivity contribution >= 4 is 17.9 Å². The molecule has 2 aliphatic heterocycles. The fourth-order valence-corrected chi connectivity index (χ4v) is 8.75. The van der Waals surface area contributed by atoms with Crippen LogP contribution in [0.5, 0.6) is 11.5 Å². The maximum absolute atomic E-state index is 14.7. The molecule has 0 amide bonds. The highest BCUT2D eigenvalue weighted by atomic mass is 16.6. The fourth-order valence-electron chi connectivity index (χ4n) is 8.75. The normalized spacial score (nSPS) is 16.0. The summed E-state index contributed by atoms with van der Waals surface area (Å²) in [7, 11) is 0. The summed E-state index contributed by atoms with van der Waals surface area (Å²) in [6.07, 6.45) is -0.286. The van der Waals surface area contributed by atoms with Crippen molar-refractivity contribution in [3.8, 4) is 22.6 Å². The van der Waals surface area contributed by atoms with Gasteiger partial charge in [-0.05, 0) is 80.8 Å². The number of hydrogen-bond donors (Lipinski definition) is 0. The lowest BCUT2D eigenvalue weighted by Gasteiger charge is -2.35. The number of fused-ring (bicyclic) bond motifs is 3. The summed E-state index contributed by atoms with van der Waals surface area (Å²) >= 11 is 0. The smallest absolute Gasteiger partial charge is 0.342 e. The van der Waals surface area contributed by atoms with Crippen LogP contribution in [0.4, 0.5) is 0 Å². The molecule has 0 bridgehead atoms. The van der Waals surface area contributed by atoms with Gasteiger partial charge in [-0.25, -0.2) is 14.4 Å². The summed E-state index contributed by atoms with van der Waals surface area (Å²) in [5.41, 5.74) is 6.93. The molecule has 2 heterocycles. The Kier molecular flexibility index (Phi) is 11.9. The van der Waals surface area contributed by atoms with Crippen LogP contribution < -0.4 is 9.47 Å². The van der Waals surface area contributed by atoms with Crippen LogP contribution in [0, 0.1) is 6.92 Å². The Balaban J connectivity index is 1.19. The minimum atomic E-state index is -1.24. The van der Waals surface area contributed by atoms with Gasteiger partial charge in [0.1, 0.15) is 73.4 Å². The number of ether oxygens (including phenoxy) is 7. The Labute approximate surface area is 382 Å². The SMILES string of the molecule is Cc1cc(C2(c3cc(C(=O)OCc4ccccc4)c(OCC4CO4)c(C(=O)OCc4ccccc4)c3)c3ccccc3-c3ccccc32)cc(C(=O)OCc2ccccc2)c1OCC1CO1. The summed E-state index contributed by atoms with van der Waals surface area (Å²) < 4.78 is 41.9. The molecule has 0 spiro atoms. The zero-order chi connectivity index (χ0) is 45.0. The zero-order valence-corrected chi connectivity index (χ0v) is 36.3. The molecule has 10 heteroatoms. The number of epoxide rings is 2. The van der Waals surface area contributed by atoms with E-state index in [9.17, 15) is 14.4 Å². The van der Waals surface area contributed by atoms with E-state index < -0.39 is 23.3 Å². The largest absolute Gasteiger partial charge is 0.490 e. The number of benzene rings is 7. The fraction of sp³-hybridized carbons (Fsp3) is 0.196. The molecule has 2 atom stereocenters. The molecule has 0 N–H and O–H groups in total. The van der Waals surface area contributed by atoms with E-state index in [1.807, 2.05) is 146 Å². The van der Waals surface area contributed by atoms with Gasteiger partial charge in [0.15, 0.2) is 0 Å². The van der Waals surface area contributed by atoms with Crippen molar-refractivity contribution in [2.75, 3.05) is 26.4 Å². The quantitative estimate of drug-likeness (QED) is 0.0496. The molecule has 10 rings (SSSR count). The van der Waals surface area contributed by atoms with Gasteiger partial charge >= 0.3 is 17.9 Å². The number of esters is 3. The van der Waals surface area contributed by atoms with Crippen LogP contribution in [0.3, 0.4) is 0 Å². The Morgan fingerprint density at radius 2 is 0.833 bits per heavy atom. The highest BCUT2D eigenvalue weighted by Crippen LogP contribution is 2.57. The van der Waals surface area contributed by atoms with Crippen molar-refractivity contribution in [1.29, 1.82) is 0 Å². The van der Waals surface area contributed by atoms with E-state index in [0.29, 0.717) is 35.7 Å². The van der Waals surface area contributed by atoms with Gasteiger partial charge in [0.05, 0.1) is 18.6 Å². The number of carbonyl (C=O) groups is 3. The first-order chi connectivity index (χ1) is 32.4. The van der Waals surface area contributed by atoms with Crippen LogP contribution in [0.1, 0.15) is 75.6 Å². The molecule has 2 saturated heterocycles. The van der Waals surface area contributed by atoms with Crippen LogP contribution in [0.25, 0.3) is 11.1 Å². The lowest BCUT2D eigenvalue weighted by Crippen LogP contribution is -2.31. The van der Waals surface area contributed by atoms with E-state index in [-0.39, 0.29) is 67.7 Å². The highest BCUT2D eigenvalue weighted by Gasteiger charge is 2.48. The lowest BCUT2D eigenvalue weighted by atomic mass is 9.66. The zero-order valence-electron chi connectivity index (χ0n) is 36.3. The molecule has 330 valence electrons. The molecule has 0 saturated carbocycles. The van der Waals surface area contributed by atoms with Crippen molar-refractivity contribution < 1.29 is 47.5 Å². The average Bonchev–Trinajstić information content (AvgIpc) is 4.32. The third-order valence-corrected chi connectivity index (χ3v) is 12.1. The summed E-state index contributed by atoms with van der Waals surface area (Å²) in [6.45, 7) is 3.29. The summed E-state index contributed by atoms with van der Waals surface area (Å²) in [5.74, 6) is -1.58. The van der Waals surface area contributed by atoms with Crippen molar-refractivity contribution in [2.45, 2.75) is 44.4 Å². The van der Waals surface area contributed by atoms with Gasteiger partial charge in [-0.2, -0.15) is 0 Å². The summed E-state index contributed by atoms with van der Waals surface area (Å²) in [4.78, 5) is 44.0. The Morgan fingerprint density at radius 3 is 1.24 bits per heavy atom. The second-order valence-corrected chi connectivity index (χ2v) is 16.6. The summed E-state index contributed by atoms with van der Waals surface area (Å²) in [5, 5.41) is 0. The van der Waals surface area contributed by atoms with Gasteiger partial charge in [0.2, 0.25) is 0 Å².